The Hall–Kier alpha value is -3.28. The van der Waals surface area contributed by atoms with Crippen molar-refractivity contribution in [2.45, 2.75) is 6.92 Å². The summed E-state index contributed by atoms with van der Waals surface area (Å²) in [6, 6.07) is 16.6. The quantitative estimate of drug-likeness (QED) is 0.602. The second kappa shape index (κ2) is 8.89. The monoisotopic (exact) mass is 369 g/mol. The van der Waals surface area contributed by atoms with E-state index >= 15 is 0 Å². The van der Waals surface area contributed by atoms with Gasteiger partial charge in [0.15, 0.2) is 5.76 Å². The highest BCUT2D eigenvalue weighted by Crippen LogP contribution is 2.24. The molecule has 1 amide bonds. The molecule has 5 nitrogen and oxygen atoms in total. The van der Waals surface area contributed by atoms with Crippen molar-refractivity contribution in [2.24, 2.45) is 0 Å². The largest absolute Gasteiger partial charge is 0.494 e. The van der Waals surface area contributed by atoms with E-state index in [0.717, 1.165) is 5.75 Å². The molecule has 1 N–H and O–H groups in total. The maximum Gasteiger partial charge on any atom is 0.287 e. The van der Waals surface area contributed by atoms with Crippen LogP contribution in [0.4, 0.5) is 4.39 Å². The van der Waals surface area contributed by atoms with Crippen LogP contribution in [0, 0.1) is 5.82 Å². The first kappa shape index (κ1) is 18.5. The normalized spacial score (nSPS) is 10.4. The maximum absolute atomic E-state index is 13.8. The zero-order valence-electron chi connectivity index (χ0n) is 14.9. The van der Waals surface area contributed by atoms with Crippen LogP contribution < -0.4 is 14.8 Å². The lowest BCUT2D eigenvalue weighted by Gasteiger charge is -2.08. The van der Waals surface area contributed by atoms with Crippen LogP contribution >= 0.6 is 0 Å². The molecule has 1 aromatic heterocycles. The number of nitrogens with one attached hydrogen (secondary N) is 1. The van der Waals surface area contributed by atoms with E-state index in [1.54, 1.807) is 36.4 Å². The molecule has 3 rings (SSSR count). The molecule has 0 aliphatic heterocycles. The van der Waals surface area contributed by atoms with E-state index in [0.29, 0.717) is 36.8 Å². The standard InChI is InChI=1S/C21H20FNO4/c1-2-25-15-7-9-16(10-8-15)26-14-13-23-21(24)20-12-11-19(27-20)17-5-3-4-6-18(17)22/h3-12H,2,13-14H2,1H3,(H,23,24). The zero-order valence-corrected chi connectivity index (χ0v) is 14.9. The highest BCUT2D eigenvalue weighted by molar-refractivity contribution is 5.92. The molecule has 6 heteroatoms. The van der Waals surface area contributed by atoms with E-state index in [2.05, 4.69) is 5.32 Å². The Morgan fingerprint density at radius 2 is 1.70 bits per heavy atom. The van der Waals surface area contributed by atoms with E-state index in [9.17, 15) is 9.18 Å². The Bertz CT molecular complexity index is 889. The van der Waals surface area contributed by atoms with Crippen molar-refractivity contribution in [1.82, 2.24) is 5.32 Å². The summed E-state index contributed by atoms with van der Waals surface area (Å²) in [5.74, 6) is 1.11. The van der Waals surface area contributed by atoms with Crippen LogP contribution in [0.25, 0.3) is 11.3 Å². The maximum atomic E-state index is 13.8. The Morgan fingerprint density at radius 1 is 1.00 bits per heavy atom. The minimum atomic E-state index is -0.400. The topological polar surface area (TPSA) is 60.7 Å². The summed E-state index contributed by atoms with van der Waals surface area (Å²) in [5, 5.41) is 2.70. The van der Waals surface area contributed by atoms with Gasteiger partial charge in [0.2, 0.25) is 0 Å². The number of hydrogen-bond acceptors (Lipinski definition) is 4. The first-order valence-electron chi connectivity index (χ1n) is 8.66. The molecule has 0 spiro atoms. The summed E-state index contributed by atoms with van der Waals surface area (Å²) in [7, 11) is 0. The summed E-state index contributed by atoms with van der Waals surface area (Å²) >= 11 is 0. The third kappa shape index (κ3) is 4.88. The lowest BCUT2D eigenvalue weighted by atomic mass is 10.1. The fourth-order valence-electron chi connectivity index (χ4n) is 2.49. The molecule has 1 heterocycles. The Labute approximate surface area is 156 Å². The second-order valence-corrected chi connectivity index (χ2v) is 5.65. The van der Waals surface area contributed by atoms with Crippen LogP contribution in [0.1, 0.15) is 17.5 Å². The Morgan fingerprint density at radius 3 is 2.41 bits per heavy atom. The molecule has 140 valence electrons. The van der Waals surface area contributed by atoms with Gasteiger partial charge >= 0.3 is 0 Å². The molecule has 0 atom stereocenters. The molecule has 0 aliphatic rings. The van der Waals surface area contributed by atoms with Gasteiger partial charge in [0.05, 0.1) is 18.7 Å². The van der Waals surface area contributed by atoms with E-state index in [4.69, 9.17) is 13.9 Å². The molecule has 0 fully saturated rings. The van der Waals surface area contributed by atoms with Crippen molar-refractivity contribution < 1.29 is 23.1 Å². The van der Waals surface area contributed by atoms with Crippen molar-refractivity contribution in [3.05, 3.63) is 72.2 Å². The Balaban J connectivity index is 1.48. The fourth-order valence-corrected chi connectivity index (χ4v) is 2.49. The van der Waals surface area contributed by atoms with E-state index < -0.39 is 5.82 Å². The van der Waals surface area contributed by atoms with Crippen molar-refractivity contribution in [2.75, 3.05) is 19.8 Å². The molecular formula is C21H20FNO4. The van der Waals surface area contributed by atoms with Crippen LogP contribution in [0.2, 0.25) is 0 Å². The molecular weight excluding hydrogens is 349 g/mol. The van der Waals surface area contributed by atoms with Gasteiger partial charge in [-0.05, 0) is 55.5 Å². The van der Waals surface area contributed by atoms with Gasteiger partial charge in [-0.1, -0.05) is 12.1 Å². The van der Waals surface area contributed by atoms with Crippen molar-refractivity contribution >= 4 is 5.91 Å². The number of halogens is 1. The van der Waals surface area contributed by atoms with Gasteiger partial charge in [-0.15, -0.1) is 0 Å². The van der Waals surface area contributed by atoms with Gasteiger partial charge in [0.25, 0.3) is 5.91 Å². The summed E-state index contributed by atoms with van der Waals surface area (Å²) in [6.45, 7) is 3.14. The average molecular weight is 369 g/mol. The molecule has 0 bridgehead atoms. The number of furan rings is 1. The van der Waals surface area contributed by atoms with Crippen LogP contribution in [0.15, 0.2) is 65.1 Å². The number of carbonyl (C=O) groups is 1. The number of benzene rings is 2. The van der Waals surface area contributed by atoms with E-state index in [1.807, 2.05) is 19.1 Å². The fraction of sp³-hybridized carbons (Fsp3) is 0.190. The summed E-state index contributed by atoms with van der Waals surface area (Å²) in [6.07, 6.45) is 0. The molecule has 0 unspecified atom stereocenters. The third-order valence-electron chi connectivity index (χ3n) is 3.76. The van der Waals surface area contributed by atoms with E-state index in [1.165, 1.54) is 12.1 Å². The summed E-state index contributed by atoms with van der Waals surface area (Å²) < 4.78 is 30.2. The molecule has 0 aliphatic carbocycles. The molecule has 27 heavy (non-hydrogen) atoms. The van der Waals surface area contributed by atoms with Gasteiger partial charge in [-0.25, -0.2) is 4.39 Å². The SMILES string of the molecule is CCOc1ccc(OCCNC(=O)c2ccc(-c3ccccc3F)o2)cc1. The van der Waals surface area contributed by atoms with Crippen molar-refractivity contribution in [3.63, 3.8) is 0 Å². The molecule has 3 aromatic rings. The smallest absolute Gasteiger partial charge is 0.287 e. The molecule has 0 saturated heterocycles. The Kier molecular flexibility index (Phi) is 6.10. The average Bonchev–Trinajstić information content (AvgIpc) is 3.17. The minimum Gasteiger partial charge on any atom is -0.494 e. The van der Waals surface area contributed by atoms with Gasteiger partial charge in [-0.3, -0.25) is 4.79 Å². The van der Waals surface area contributed by atoms with Crippen molar-refractivity contribution in [3.8, 4) is 22.8 Å². The predicted molar refractivity (Wildman–Crippen MR) is 99.5 cm³/mol. The van der Waals surface area contributed by atoms with Gasteiger partial charge in [0.1, 0.15) is 29.7 Å². The number of rotatable bonds is 8. The van der Waals surface area contributed by atoms with E-state index in [-0.39, 0.29) is 11.7 Å². The predicted octanol–water partition coefficient (Wildman–Crippen LogP) is 4.29. The first-order chi connectivity index (χ1) is 13.2. The number of ether oxygens (including phenoxy) is 2. The zero-order chi connectivity index (χ0) is 19.1. The highest BCUT2D eigenvalue weighted by Gasteiger charge is 2.13. The second-order valence-electron chi connectivity index (χ2n) is 5.65. The molecule has 2 aromatic carbocycles. The number of carbonyl (C=O) groups excluding carboxylic acids is 1. The number of hydrogen-bond donors (Lipinski definition) is 1. The highest BCUT2D eigenvalue weighted by atomic mass is 19.1. The van der Waals surface area contributed by atoms with Gasteiger partial charge in [0, 0.05) is 0 Å². The van der Waals surface area contributed by atoms with Crippen molar-refractivity contribution in [1.29, 1.82) is 0 Å². The summed E-state index contributed by atoms with van der Waals surface area (Å²) in [4.78, 5) is 12.1. The number of amides is 1. The molecule has 0 saturated carbocycles. The van der Waals surface area contributed by atoms with Crippen LogP contribution in [0.3, 0.4) is 0 Å². The summed E-state index contributed by atoms with van der Waals surface area (Å²) in [5.41, 5.74) is 0.315. The van der Waals surface area contributed by atoms with Crippen LogP contribution in [-0.2, 0) is 0 Å². The third-order valence-corrected chi connectivity index (χ3v) is 3.76. The van der Waals surface area contributed by atoms with Gasteiger partial charge in [-0.2, -0.15) is 0 Å². The van der Waals surface area contributed by atoms with Crippen LogP contribution in [-0.4, -0.2) is 25.7 Å². The lowest BCUT2D eigenvalue weighted by molar-refractivity contribution is 0.0920. The first-order valence-corrected chi connectivity index (χ1v) is 8.66. The lowest BCUT2D eigenvalue weighted by Crippen LogP contribution is -2.27. The van der Waals surface area contributed by atoms with Gasteiger partial charge < -0.3 is 19.2 Å². The molecule has 0 radical (unpaired) electrons. The minimum absolute atomic E-state index is 0.120. The van der Waals surface area contributed by atoms with Crippen LogP contribution in [0.5, 0.6) is 11.5 Å².